The molecule has 3 aliphatic rings. The number of aromatic nitrogens is 5. The van der Waals surface area contributed by atoms with E-state index in [0.29, 0.717) is 12.5 Å². The fourth-order valence-electron chi connectivity index (χ4n) is 5.68. The summed E-state index contributed by atoms with van der Waals surface area (Å²) in [6.07, 6.45) is 10.1. The van der Waals surface area contributed by atoms with Gasteiger partial charge in [-0.25, -0.2) is 14.5 Å². The van der Waals surface area contributed by atoms with Gasteiger partial charge < -0.3 is 19.9 Å². The molecule has 2 fully saturated rings. The zero-order valence-corrected chi connectivity index (χ0v) is 18.5. The van der Waals surface area contributed by atoms with Gasteiger partial charge in [-0.3, -0.25) is 4.79 Å². The monoisotopic (exact) mass is 434 g/mol. The number of amides is 1. The zero-order valence-electron chi connectivity index (χ0n) is 18.5. The number of ether oxygens (including phenoxy) is 1. The Hall–Kier alpha value is -3.27. The van der Waals surface area contributed by atoms with E-state index < -0.39 is 0 Å². The summed E-state index contributed by atoms with van der Waals surface area (Å²) >= 11 is 0. The van der Waals surface area contributed by atoms with Crippen LogP contribution < -0.4 is 15.1 Å². The highest BCUT2D eigenvalue weighted by atomic mass is 16.5. The van der Waals surface area contributed by atoms with E-state index in [2.05, 4.69) is 25.3 Å². The summed E-state index contributed by atoms with van der Waals surface area (Å²) in [7, 11) is 3.60. The zero-order chi connectivity index (χ0) is 22.1. The standard InChI is InChI=1S/C22H26N8O2/c1-14-8-17-24-13-25-30(17)10-15(14)26-20-23-9-16-19(27-20)29(11-18(31)28(16)2)21-4-6-22(12-21,32-3)7-5-21/h8-10,13H,4-7,11-12H2,1-3H3,(H,23,26,27). The Balaban J connectivity index is 1.39. The third-order valence-corrected chi connectivity index (χ3v) is 7.65. The number of carbonyl (C=O) groups is 1. The van der Waals surface area contributed by atoms with Crippen molar-refractivity contribution in [3.8, 4) is 0 Å². The molecule has 2 aliphatic carbocycles. The molecule has 3 aromatic heterocycles. The first-order valence-corrected chi connectivity index (χ1v) is 11.0. The number of hydrogen-bond acceptors (Lipinski definition) is 8. The van der Waals surface area contributed by atoms with Crippen molar-refractivity contribution in [2.24, 2.45) is 0 Å². The minimum atomic E-state index is -0.0944. The third-order valence-electron chi connectivity index (χ3n) is 7.65. The number of carbonyl (C=O) groups excluding carboxylic acids is 1. The molecule has 1 amide bonds. The van der Waals surface area contributed by atoms with Gasteiger partial charge in [-0.15, -0.1) is 0 Å². The van der Waals surface area contributed by atoms with E-state index in [-0.39, 0.29) is 17.0 Å². The Bertz CT molecular complexity index is 1230. The van der Waals surface area contributed by atoms with Crippen LogP contribution in [0.3, 0.4) is 0 Å². The van der Waals surface area contributed by atoms with E-state index in [1.165, 1.54) is 6.33 Å². The van der Waals surface area contributed by atoms with Crippen LogP contribution in [0.4, 0.5) is 23.1 Å². The molecule has 1 N–H and O–H groups in total. The molecule has 6 rings (SSSR count). The third kappa shape index (κ3) is 2.72. The van der Waals surface area contributed by atoms with Crippen LogP contribution in [0.5, 0.6) is 0 Å². The second kappa shape index (κ2) is 6.61. The van der Waals surface area contributed by atoms with Gasteiger partial charge in [0.25, 0.3) is 0 Å². The van der Waals surface area contributed by atoms with Crippen LogP contribution in [0.2, 0.25) is 0 Å². The Morgan fingerprint density at radius 3 is 2.75 bits per heavy atom. The number of likely N-dealkylation sites (N-methyl/N-ethyl adjacent to an activating group) is 1. The molecule has 0 aromatic carbocycles. The number of aryl methyl sites for hydroxylation is 1. The lowest BCUT2D eigenvalue weighted by Crippen LogP contribution is -2.54. The summed E-state index contributed by atoms with van der Waals surface area (Å²) in [6.45, 7) is 2.33. The van der Waals surface area contributed by atoms with Crippen LogP contribution in [0.1, 0.15) is 37.7 Å². The quantitative estimate of drug-likeness (QED) is 0.668. The highest BCUT2D eigenvalue weighted by Gasteiger charge is 2.59. The molecule has 10 nitrogen and oxygen atoms in total. The predicted molar refractivity (Wildman–Crippen MR) is 119 cm³/mol. The maximum atomic E-state index is 12.8. The van der Waals surface area contributed by atoms with Gasteiger partial charge in [-0.05, 0) is 50.7 Å². The average molecular weight is 435 g/mol. The van der Waals surface area contributed by atoms with Gasteiger partial charge in [0.15, 0.2) is 11.5 Å². The lowest BCUT2D eigenvalue weighted by atomic mass is 9.90. The summed E-state index contributed by atoms with van der Waals surface area (Å²) in [5, 5.41) is 7.55. The number of rotatable bonds is 4. The smallest absolute Gasteiger partial charge is 0.246 e. The fraction of sp³-hybridized carbons (Fsp3) is 0.500. The molecule has 0 unspecified atom stereocenters. The SMILES string of the molecule is COC12CCC(N3CC(=O)N(C)c4cnc(Nc5cn6ncnc6cc5C)nc43)(CC1)C2. The number of methoxy groups -OCH3 is 1. The highest BCUT2D eigenvalue weighted by Crippen LogP contribution is 2.57. The Labute approximate surface area is 185 Å². The summed E-state index contributed by atoms with van der Waals surface area (Å²) in [5.41, 5.74) is 3.24. The first-order valence-electron chi connectivity index (χ1n) is 11.0. The average Bonchev–Trinajstić information content (AvgIpc) is 3.51. The molecular formula is C22H26N8O2. The molecule has 0 radical (unpaired) electrons. The highest BCUT2D eigenvalue weighted by molar-refractivity contribution is 6.02. The van der Waals surface area contributed by atoms with E-state index in [4.69, 9.17) is 9.72 Å². The van der Waals surface area contributed by atoms with Crippen molar-refractivity contribution in [3.63, 3.8) is 0 Å². The van der Waals surface area contributed by atoms with Crippen LogP contribution in [0, 0.1) is 6.92 Å². The van der Waals surface area contributed by atoms with Gasteiger partial charge in [0.2, 0.25) is 11.9 Å². The summed E-state index contributed by atoms with van der Waals surface area (Å²) in [4.78, 5) is 30.4. The van der Waals surface area contributed by atoms with Crippen molar-refractivity contribution in [2.45, 2.75) is 50.2 Å². The normalized spacial score (nSPS) is 26.8. The van der Waals surface area contributed by atoms with Crippen LogP contribution in [-0.2, 0) is 9.53 Å². The van der Waals surface area contributed by atoms with Gasteiger partial charge in [0.1, 0.15) is 12.0 Å². The Morgan fingerprint density at radius 2 is 2.00 bits per heavy atom. The molecule has 3 aromatic rings. The molecule has 0 atom stereocenters. The molecule has 2 saturated carbocycles. The molecular weight excluding hydrogens is 408 g/mol. The maximum absolute atomic E-state index is 12.8. The second-order valence-electron chi connectivity index (χ2n) is 9.29. The van der Waals surface area contributed by atoms with Gasteiger partial charge in [0, 0.05) is 19.7 Å². The fourth-order valence-corrected chi connectivity index (χ4v) is 5.68. The van der Waals surface area contributed by atoms with Crippen LogP contribution in [-0.4, -0.2) is 62.3 Å². The second-order valence-corrected chi connectivity index (χ2v) is 9.29. The van der Waals surface area contributed by atoms with Gasteiger partial charge in [-0.1, -0.05) is 0 Å². The van der Waals surface area contributed by atoms with Gasteiger partial charge in [-0.2, -0.15) is 10.1 Å². The van der Waals surface area contributed by atoms with Crippen molar-refractivity contribution in [1.82, 2.24) is 24.6 Å². The molecule has 1 aliphatic heterocycles. The summed E-state index contributed by atoms with van der Waals surface area (Å²) in [6, 6.07) is 1.97. The number of anilines is 4. The minimum Gasteiger partial charge on any atom is -0.378 e. The Morgan fingerprint density at radius 1 is 1.19 bits per heavy atom. The van der Waals surface area contributed by atoms with Crippen molar-refractivity contribution in [3.05, 3.63) is 30.4 Å². The molecule has 10 heteroatoms. The largest absolute Gasteiger partial charge is 0.378 e. The lowest BCUT2D eigenvalue weighted by molar-refractivity contribution is -0.117. The molecule has 2 bridgehead atoms. The Kier molecular flexibility index (Phi) is 4.01. The van der Waals surface area contributed by atoms with Gasteiger partial charge in [0.05, 0.1) is 30.2 Å². The van der Waals surface area contributed by atoms with E-state index >= 15 is 0 Å². The van der Waals surface area contributed by atoms with Crippen molar-refractivity contribution in [1.29, 1.82) is 0 Å². The molecule has 0 spiro atoms. The van der Waals surface area contributed by atoms with Crippen LogP contribution in [0.25, 0.3) is 5.65 Å². The van der Waals surface area contributed by atoms with E-state index in [9.17, 15) is 4.79 Å². The first kappa shape index (κ1) is 19.4. The summed E-state index contributed by atoms with van der Waals surface area (Å²) in [5.74, 6) is 1.35. The lowest BCUT2D eigenvalue weighted by Gasteiger charge is -2.45. The number of nitrogens with zero attached hydrogens (tertiary/aromatic N) is 7. The number of fused-ring (bicyclic) bond motifs is 4. The summed E-state index contributed by atoms with van der Waals surface area (Å²) < 4.78 is 7.62. The molecule has 4 heterocycles. The first-order chi connectivity index (χ1) is 15.4. The van der Waals surface area contributed by atoms with Crippen molar-refractivity contribution in [2.75, 3.05) is 35.8 Å². The van der Waals surface area contributed by atoms with E-state index in [1.54, 1.807) is 22.7 Å². The number of pyridine rings is 1. The molecule has 166 valence electrons. The topological polar surface area (TPSA) is 101 Å². The number of nitrogens with one attached hydrogen (secondary N) is 1. The van der Waals surface area contributed by atoms with Crippen molar-refractivity contribution < 1.29 is 9.53 Å². The van der Waals surface area contributed by atoms with Crippen LogP contribution >= 0.6 is 0 Å². The predicted octanol–water partition coefficient (Wildman–Crippen LogP) is 2.46. The minimum absolute atomic E-state index is 0.0606. The van der Waals surface area contributed by atoms with E-state index in [1.807, 2.05) is 26.3 Å². The van der Waals surface area contributed by atoms with E-state index in [0.717, 1.165) is 60.5 Å². The van der Waals surface area contributed by atoms with Crippen LogP contribution in [0.15, 0.2) is 24.8 Å². The number of hydrogen-bond donors (Lipinski definition) is 1. The molecule has 32 heavy (non-hydrogen) atoms. The van der Waals surface area contributed by atoms with Gasteiger partial charge >= 0.3 is 0 Å². The maximum Gasteiger partial charge on any atom is 0.246 e. The molecule has 0 saturated heterocycles. The van der Waals surface area contributed by atoms with Crippen molar-refractivity contribution >= 4 is 34.7 Å².